The lowest BCUT2D eigenvalue weighted by Gasteiger charge is -2.18. The van der Waals surface area contributed by atoms with Crippen LogP contribution in [0.25, 0.3) is 0 Å². The van der Waals surface area contributed by atoms with Crippen LogP contribution in [0.1, 0.15) is 37.8 Å². The summed E-state index contributed by atoms with van der Waals surface area (Å²) in [6.07, 6.45) is 1.63. The minimum atomic E-state index is -0.835. The van der Waals surface area contributed by atoms with Gasteiger partial charge in [0.05, 0.1) is 12.7 Å². The van der Waals surface area contributed by atoms with Crippen LogP contribution in [0.5, 0.6) is 23.0 Å². The van der Waals surface area contributed by atoms with Crippen molar-refractivity contribution < 1.29 is 32.9 Å². The van der Waals surface area contributed by atoms with Crippen molar-refractivity contribution in [2.75, 3.05) is 6.61 Å². The van der Waals surface area contributed by atoms with E-state index in [2.05, 4.69) is 0 Å². The van der Waals surface area contributed by atoms with Gasteiger partial charge in [-0.05, 0) is 67.3 Å². The second kappa shape index (κ2) is 12.4. The molecular formula is C27H27ClF2O5. The highest BCUT2D eigenvalue weighted by Crippen LogP contribution is 2.36. The van der Waals surface area contributed by atoms with E-state index >= 15 is 0 Å². The molecule has 186 valence electrons. The number of benzene rings is 3. The molecule has 0 saturated heterocycles. The molecule has 5 nitrogen and oxygen atoms in total. The molecule has 0 heterocycles. The number of hydrogen-bond acceptors (Lipinski definition) is 4. The normalized spacial score (nSPS) is 11.7. The minimum Gasteiger partial charge on any atom is -0.493 e. The van der Waals surface area contributed by atoms with E-state index in [1.54, 1.807) is 12.1 Å². The van der Waals surface area contributed by atoms with Gasteiger partial charge >= 0.3 is 5.97 Å². The summed E-state index contributed by atoms with van der Waals surface area (Å²) in [5.74, 6) is -1.23. The Morgan fingerprint density at radius 2 is 1.77 bits per heavy atom. The van der Waals surface area contributed by atoms with Gasteiger partial charge in [0.15, 0.2) is 23.1 Å². The lowest BCUT2D eigenvalue weighted by Crippen LogP contribution is -2.16. The lowest BCUT2D eigenvalue weighted by molar-refractivity contribution is -0.136. The molecule has 8 heteroatoms. The highest BCUT2D eigenvalue weighted by molar-refractivity contribution is 6.30. The van der Waals surface area contributed by atoms with Gasteiger partial charge in [0.25, 0.3) is 0 Å². The first-order valence-electron chi connectivity index (χ1n) is 11.3. The molecule has 1 atom stereocenters. The predicted molar refractivity (Wildman–Crippen MR) is 130 cm³/mol. The molecule has 0 spiro atoms. The topological polar surface area (TPSA) is 65.0 Å². The molecule has 0 saturated carbocycles. The zero-order valence-electron chi connectivity index (χ0n) is 19.5. The molecule has 0 aliphatic heterocycles. The Balaban J connectivity index is 1.59. The quantitative estimate of drug-likeness (QED) is 0.282. The standard InChI is InChI=1S/C27H27ClF2O5/c1-3-18-14-22(8-4-19(18)5-11-27(31)32)33-13-12-17(2)34-25-9-6-20(28)15-26(25)35-24-10-7-21(29)16-23(24)30/h4,6-10,14-17H,3,5,11-13H2,1-2H3,(H,31,32)/t17-/m0/s1. The van der Waals surface area contributed by atoms with Crippen LogP contribution in [-0.4, -0.2) is 23.8 Å². The molecule has 0 amide bonds. The SMILES string of the molecule is CCc1cc(OCC[C@H](C)Oc2ccc(Cl)cc2Oc2ccc(F)cc2F)ccc1CCC(=O)O. The van der Waals surface area contributed by atoms with E-state index in [0.717, 1.165) is 29.7 Å². The lowest BCUT2D eigenvalue weighted by atomic mass is 10.0. The summed E-state index contributed by atoms with van der Waals surface area (Å²) in [7, 11) is 0. The Hall–Kier alpha value is -3.32. The van der Waals surface area contributed by atoms with Crippen LogP contribution in [-0.2, 0) is 17.6 Å². The molecule has 0 aliphatic carbocycles. The van der Waals surface area contributed by atoms with E-state index in [0.29, 0.717) is 36.0 Å². The number of rotatable bonds is 12. The van der Waals surface area contributed by atoms with Crippen molar-refractivity contribution in [1.29, 1.82) is 0 Å². The molecule has 0 aliphatic rings. The fourth-order valence-electron chi connectivity index (χ4n) is 3.46. The molecule has 1 N–H and O–H groups in total. The summed E-state index contributed by atoms with van der Waals surface area (Å²) in [5, 5.41) is 9.29. The maximum absolute atomic E-state index is 14.0. The van der Waals surface area contributed by atoms with E-state index in [-0.39, 0.29) is 24.0 Å². The number of aryl methyl sites for hydroxylation is 2. The van der Waals surface area contributed by atoms with Gasteiger partial charge in [-0.2, -0.15) is 0 Å². The van der Waals surface area contributed by atoms with Crippen molar-refractivity contribution >= 4 is 17.6 Å². The van der Waals surface area contributed by atoms with Crippen LogP contribution in [0, 0.1) is 11.6 Å². The van der Waals surface area contributed by atoms with E-state index in [1.165, 1.54) is 12.1 Å². The second-order valence-corrected chi connectivity index (χ2v) is 8.45. The molecule has 3 aromatic carbocycles. The first kappa shape index (κ1) is 26.3. The van der Waals surface area contributed by atoms with Gasteiger partial charge in [-0.25, -0.2) is 8.78 Å². The van der Waals surface area contributed by atoms with Crippen molar-refractivity contribution in [3.05, 3.63) is 82.4 Å². The Labute approximate surface area is 208 Å². The summed E-state index contributed by atoms with van der Waals surface area (Å²) >= 11 is 6.07. The average Bonchev–Trinajstić information content (AvgIpc) is 2.81. The third-order valence-electron chi connectivity index (χ3n) is 5.31. The second-order valence-electron chi connectivity index (χ2n) is 8.01. The van der Waals surface area contributed by atoms with Gasteiger partial charge in [0.1, 0.15) is 11.6 Å². The van der Waals surface area contributed by atoms with Gasteiger partial charge in [-0.15, -0.1) is 0 Å². The Morgan fingerprint density at radius 3 is 2.49 bits per heavy atom. The van der Waals surface area contributed by atoms with Crippen molar-refractivity contribution in [3.63, 3.8) is 0 Å². The van der Waals surface area contributed by atoms with Gasteiger partial charge in [-0.3, -0.25) is 4.79 Å². The monoisotopic (exact) mass is 504 g/mol. The highest BCUT2D eigenvalue weighted by Gasteiger charge is 2.14. The number of carboxylic acid groups (broad SMARTS) is 1. The Kier molecular flexibility index (Phi) is 9.32. The summed E-state index contributed by atoms with van der Waals surface area (Å²) in [5.41, 5.74) is 2.07. The van der Waals surface area contributed by atoms with E-state index in [9.17, 15) is 13.6 Å². The number of carbonyl (C=O) groups is 1. The fourth-order valence-corrected chi connectivity index (χ4v) is 3.62. The summed E-state index contributed by atoms with van der Waals surface area (Å²) in [6, 6.07) is 13.5. The van der Waals surface area contributed by atoms with Gasteiger partial charge in [0, 0.05) is 30.0 Å². The van der Waals surface area contributed by atoms with Gasteiger partial charge in [0.2, 0.25) is 0 Å². The van der Waals surface area contributed by atoms with Crippen LogP contribution in [0.2, 0.25) is 5.02 Å². The fraction of sp³-hybridized carbons (Fsp3) is 0.296. The molecule has 0 unspecified atom stereocenters. The average molecular weight is 505 g/mol. The molecule has 0 fully saturated rings. The zero-order valence-corrected chi connectivity index (χ0v) is 20.3. The Bertz CT molecular complexity index is 1170. The third-order valence-corrected chi connectivity index (χ3v) is 5.54. The minimum absolute atomic E-state index is 0.0895. The molecular weight excluding hydrogens is 478 g/mol. The molecule has 0 aromatic heterocycles. The van der Waals surface area contributed by atoms with Crippen molar-refractivity contribution in [3.8, 4) is 23.0 Å². The summed E-state index contributed by atoms with van der Waals surface area (Å²) in [4.78, 5) is 10.9. The number of carboxylic acids is 1. The van der Waals surface area contributed by atoms with Crippen LogP contribution < -0.4 is 14.2 Å². The maximum atomic E-state index is 14.0. The molecule has 3 rings (SSSR count). The first-order chi connectivity index (χ1) is 16.7. The third kappa shape index (κ3) is 7.86. The number of halogens is 3. The number of ether oxygens (including phenoxy) is 3. The zero-order chi connectivity index (χ0) is 25.4. The van der Waals surface area contributed by atoms with Crippen molar-refractivity contribution in [2.45, 2.75) is 45.6 Å². The smallest absolute Gasteiger partial charge is 0.303 e. The largest absolute Gasteiger partial charge is 0.493 e. The van der Waals surface area contributed by atoms with Crippen LogP contribution in [0.4, 0.5) is 8.78 Å². The predicted octanol–water partition coefficient (Wildman–Crippen LogP) is 7.23. The van der Waals surface area contributed by atoms with E-state index in [4.69, 9.17) is 30.9 Å². The molecule has 3 aromatic rings. The van der Waals surface area contributed by atoms with Gasteiger partial charge in [-0.1, -0.05) is 24.6 Å². The van der Waals surface area contributed by atoms with Crippen molar-refractivity contribution in [1.82, 2.24) is 0 Å². The maximum Gasteiger partial charge on any atom is 0.303 e. The van der Waals surface area contributed by atoms with Crippen LogP contribution in [0.3, 0.4) is 0 Å². The molecule has 0 radical (unpaired) electrons. The number of hydrogen-bond donors (Lipinski definition) is 1. The summed E-state index contributed by atoms with van der Waals surface area (Å²) < 4.78 is 44.7. The molecule has 0 bridgehead atoms. The first-order valence-corrected chi connectivity index (χ1v) is 11.7. The summed E-state index contributed by atoms with van der Waals surface area (Å²) in [6.45, 7) is 4.27. The highest BCUT2D eigenvalue weighted by atomic mass is 35.5. The molecule has 35 heavy (non-hydrogen) atoms. The van der Waals surface area contributed by atoms with Crippen LogP contribution in [0.15, 0.2) is 54.6 Å². The van der Waals surface area contributed by atoms with Gasteiger partial charge < -0.3 is 19.3 Å². The van der Waals surface area contributed by atoms with E-state index < -0.39 is 17.6 Å². The number of aliphatic carboxylic acids is 1. The van der Waals surface area contributed by atoms with Crippen molar-refractivity contribution in [2.24, 2.45) is 0 Å². The van der Waals surface area contributed by atoms with E-state index in [1.807, 2.05) is 32.0 Å². The van der Waals surface area contributed by atoms with Crippen LogP contribution >= 0.6 is 11.6 Å². The Morgan fingerprint density at radius 1 is 1.00 bits per heavy atom.